The fourth-order valence-electron chi connectivity index (χ4n) is 0.514. The molecule has 0 amide bonds. The van der Waals surface area contributed by atoms with Gasteiger partial charge in [-0.25, -0.2) is 0 Å². The highest BCUT2D eigenvalue weighted by Crippen LogP contribution is 2.24. The number of ether oxygens (including phenoxy) is 1. The minimum atomic E-state index is 0.553. The van der Waals surface area contributed by atoms with Crippen molar-refractivity contribution in [2.24, 2.45) is 0 Å². The van der Waals surface area contributed by atoms with Gasteiger partial charge in [-0.15, -0.1) is 0 Å². The van der Waals surface area contributed by atoms with Crippen LogP contribution in [0.25, 0.3) is 0 Å². The Morgan fingerprint density at radius 2 is 2.56 bits per heavy atom. The second kappa shape index (κ2) is 2.92. The fraction of sp³-hybridized carbons (Fsp3) is 0.333. The lowest BCUT2D eigenvalue weighted by atomic mass is 10.6. The first-order chi connectivity index (χ1) is 4.34. The summed E-state index contributed by atoms with van der Waals surface area (Å²) < 4.78 is 10.9. The zero-order valence-corrected chi connectivity index (χ0v) is 6.64. The van der Waals surface area contributed by atoms with Crippen molar-refractivity contribution >= 4 is 15.9 Å². The highest BCUT2D eigenvalue weighted by Gasteiger charge is 2.00. The second-order valence-electron chi connectivity index (χ2n) is 1.49. The molecule has 9 heavy (non-hydrogen) atoms. The molecule has 1 aromatic rings. The molecule has 2 nitrogen and oxygen atoms in total. The first-order valence-corrected chi connectivity index (χ1v) is 3.49. The summed E-state index contributed by atoms with van der Waals surface area (Å²) in [4.78, 5) is 0. The van der Waals surface area contributed by atoms with Crippen LogP contribution in [0.3, 0.4) is 0 Å². The van der Waals surface area contributed by atoms with Crippen molar-refractivity contribution in [3.8, 4) is 5.95 Å². The molecular weight excluding hydrogens is 184 g/mol. The van der Waals surface area contributed by atoms with Crippen LogP contribution in [-0.2, 0) is 0 Å². The number of hydrogen-bond acceptors (Lipinski definition) is 2. The number of halogens is 1. The molecule has 1 heterocycles. The lowest BCUT2D eigenvalue weighted by Crippen LogP contribution is -1.88. The maximum absolute atomic E-state index is 5.06. The Balaban J connectivity index is 2.69. The first-order valence-electron chi connectivity index (χ1n) is 2.70. The Morgan fingerprint density at radius 1 is 1.78 bits per heavy atom. The van der Waals surface area contributed by atoms with Crippen LogP contribution in [0.1, 0.15) is 6.92 Å². The second-order valence-corrected chi connectivity index (χ2v) is 2.34. The lowest BCUT2D eigenvalue weighted by Gasteiger charge is -1.95. The summed E-state index contributed by atoms with van der Waals surface area (Å²) >= 11 is 3.25. The van der Waals surface area contributed by atoms with Crippen molar-refractivity contribution in [3.63, 3.8) is 0 Å². The molecule has 0 aliphatic carbocycles. The summed E-state index contributed by atoms with van der Waals surface area (Å²) in [5.41, 5.74) is 0. The Bertz CT molecular complexity index is 183. The first kappa shape index (κ1) is 6.68. The standard InChI is InChI=1S/C6H7BrO2/c1-2-8-6-5(7)3-4-9-6/h3-4H,2H2,1H3. The van der Waals surface area contributed by atoms with Crippen molar-refractivity contribution in [3.05, 3.63) is 16.8 Å². The van der Waals surface area contributed by atoms with Gasteiger partial charge in [0, 0.05) is 0 Å². The largest absolute Gasteiger partial charge is 0.465 e. The summed E-state index contributed by atoms with van der Waals surface area (Å²) in [6.07, 6.45) is 1.58. The molecule has 1 aromatic heterocycles. The van der Waals surface area contributed by atoms with E-state index in [2.05, 4.69) is 15.9 Å². The Morgan fingerprint density at radius 3 is 3.00 bits per heavy atom. The summed E-state index contributed by atoms with van der Waals surface area (Å²) in [5.74, 6) is 0.553. The van der Waals surface area contributed by atoms with Gasteiger partial charge < -0.3 is 9.15 Å². The summed E-state index contributed by atoms with van der Waals surface area (Å²) in [5, 5.41) is 0. The summed E-state index contributed by atoms with van der Waals surface area (Å²) in [6, 6.07) is 1.80. The molecule has 0 aliphatic heterocycles. The van der Waals surface area contributed by atoms with Crippen LogP contribution in [0.4, 0.5) is 0 Å². The van der Waals surface area contributed by atoms with Crippen LogP contribution in [0.5, 0.6) is 5.95 Å². The fourth-order valence-corrected chi connectivity index (χ4v) is 0.830. The van der Waals surface area contributed by atoms with E-state index in [4.69, 9.17) is 9.15 Å². The molecule has 1 rings (SSSR count). The molecule has 0 unspecified atom stereocenters. The van der Waals surface area contributed by atoms with Crippen LogP contribution in [0, 0.1) is 0 Å². The third-order valence-electron chi connectivity index (χ3n) is 0.860. The van der Waals surface area contributed by atoms with E-state index in [9.17, 15) is 0 Å². The van der Waals surface area contributed by atoms with E-state index in [0.717, 1.165) is 4.47 Å². The predicted molar refractivity (Wildman–Crippen MR) is 37.6 cm³/mol. The third kappa shape index (κ3) is 1.48. The third-order valence-corrected chi connectivity index (χ3v) is 1.45. The van der Waals surface area contributed by atoms with Gasteiger partial charge in [0.2, 0.25) is 0 Å². The van der Waals surface area contributed by atoms with Crippen LogP contribution in [0.15, 0.2) is 21.2 Å². The molecule has 0 bridgehead atoms. The van der Waals surface area contributed by atoms with Crippen LogP contribution >= 0.6 is 15.9 Å². The van der Waals surface area contributed by atoms with Crippen molar-refractivity contribution < 1.29 is 9.15 Å². The van der Waals surface area contributed by atoms with Crippen molar-refractivity contribution in [2.45, 2.75) is 6.92 Å². The minimum Gasteiger partial charge on any atom is -0.465 e. The molecule has 0 aromatic carbocycles. The highest BCUT2D eigenvalue weighted by atomic mass is 79.9. The van der Waals surface area contributed by atoms with Crippen LogP contribution in [0.2, 0.25) is 0 Å². The quantitative estimate of drug-likeness (QED) is 0.716. The molecule has 0 atom stereocenters. The van der Waals surface area contributed by atoms with E-state index in [1.807, 2.05) is 6.92 Å². The minimum absolute atomic E-state index is 0.553. The van der Waals surface area contributed by atoms with Crippen LogP contribution < -0.4 is 4.74 Å². The number of rotatable bonds is 2. The van der Waals surface area contributed by atoms with E-state index in [0.29, 0.717) is 12.6 Å². The van der Waals surface area contributed by atoms with Gasteiger partial charge in [-0.05, 0) is 28.9 Å². The lowest BCUT2D eigenvalue weighted by molar-refractivity contribution is 0.255. The molecule has 0 aliphatic rings. The molecule has 50 valence electrons. The van der Waals surface area contributed by atoms with Gasteiger partial charge in [0.05, 0.1) is 12.9 Å². The van der Waals surface area contributed by atoms with E-state index >= 15 is 0 Å². The molecule has 0 saturated carbocycles. The zero-order chi connectivity index (χ0) is 6.69. The molecule has 3 heteroatoms. The topological polar surface area (TPSA) is 22.4 Å². The maximum atomic E-state index is 5.06. The molecule has 0 fully saturated rings. The highest BCUT2D eigenvalue weighted by molar-refractivity contribution is 9.10. The Labute approximate surface area is 61.9 Å². The molecule has 0 saturated heterocycles. The Hall–Kier alpha value is -0.440. The zero-order valence-electron chi connectivity index (χ0n) is 5.06. The van der Waals surface area contributed by atoms with Crippen LogP contribution in [-0.4, -0.2) is 6.61 Å². The summed E-state index contributed by atoms with van der Waals surface area (Å²) in [7, 11) is 0. The number of furan rings is 1. The smallest absolute Gasteiger partial charge is 0.299 e. The summed E-state index contributed by atoms with van der Waals surface area (Å²) in [6.45, 7) is 2.54. The maximum Gasteiger partial charge on any atom is 0.299 e. The van der Waals surface area contributed by atoms with Gasteiger partial charge in [0.15, 0.2) is 0 Å². The average Bonchev–Trinajstić information content (AvgIpc) is 2.18. The van der Waals surface area contributed by atoms with Crippen molar-refractivity contribution in [2.75, 3.05) is 6.61 Å². The van der Waals surface area contributed by atoms with E-state index < -0.39 is 0 Å². The Kier molecular flexibility index (Phi) is 2.16. The van der Waals surface area contributed by atoms with Gasteiger partial charge in [0.1, 0.15) is 4.47 Å². The van der Waals surface area contributed by atoms with E-state index in [-0.39, 0.29) is 0 Å². The van der Waals surface area contributed by atoms with E-state index in [1.54, 1.807) is 12.3 Å². The van der Waals surface area contributed by atoms with E-state index in [1.165, 1.54) is 0 Å². The van der Waals surface area contributed by atoms with Gasteiger partial charge in [-0.2, -0.15) is 0 Å². The monoisotopic (exact) mass is 190 g/mol. The van der Waals surface area contributed by atoms with Crippen molar-refractivity contribution in [1.82, 2.24) is 0 Å². The molecule has 0 spiro atoms. The van der Waals surface area contributed by atoms with Gasteiger partial charge >= 0.3 is 0 Å². The normalized spacial score (nSPS) is 9.56. The van der Waals surface area contributed by atoms with Gasteiger partial charge in [-0.1, -0.05) is 0 Å². The molecular formula is C6H7BrO2. The van der Waals surface area contributed by atoms with Gasteiger partial charge in [0.25, 0.3) is 5.95 Å². The predicted octanol–water partition coefficient (Wildman–Crippen LogP) is 2.44. The number of hydrogen-bond donors (Lipinski definition) is 0. The van der Waals surface area contributed by atoms with Gasteiger partial charge in [-0.3, -0.25) is 0 Å². The molecule has 0 N–H and O–H groups in total. The molecule has 0 radical (unpaired) electrons. The van der Waals surface area contributed by atoms with Crippen molar-refractivity contribution in [1.29, 1.82) is 0 Å². The average molecular weight is 191 g/mol. The SMILES string of the molecule is CCOc1occc1Br.